The van der Waals surface area contributed by atoms with E-state index >= 15 is 0 Å². The molecule has 1 aliphatic rings. The molecular weight excluding hydrogens is 162 g/mol. The van der Waals surface area contributed by atoms with Crippen molar-refractivity contribution < 1.29 is 4.74 Å². The Morgan fingerprint density at radius 3 is 2.85 bits per heavy atom. The molecule has 1 aliphatic carbocycles. The molecular formula is C11H23NO. The number of hydrogen-bond donors (Lipinski definition) is 1. The maximum Gasteiger partial charge on any atom is 0.0476 e. The van der Waals surface area contributed by atoms with E-state index in [0.717, 1.165) is 18.9 Å². The standard InChI is InChI=1S/C11H23NO/c1-10(7-9-13-2)12-8-3-4-11-5-6-11/h10-12H,3-9H2,1-2H3. The van der Waals surface area contributed by atoms with Crippen molar-refractivity contribution in [2.24, 2.45) is 5.92 Å². The molecule has 0 amide bonds. The summed E-state index contributed by atoms with van der Waals surface area (Å²) < 4.78 is 5.03. The first-order valence-electron chi connectivity index (χ1n) is 5.55. The Morgan fingerprint density at radius 1 is 1.46 bits per heavy atom. The second-order valence-electron chi connectivity index (χ2n) is 4.22. The van der Waals surface area contributed by atoms with Gasteiger partial charge in [0.1, 0.15) is 0 Å². The Kier molecular flexibility index (Phi) is 5.40. The van der Waals surface area contributed by atoms with Gasteiger partial charge in [-0.1, -0.05) is 12.8 Å². The molecule has 1 N–H and O–H groups in total. The minimum absolute atomic E-state index is 0.610. The zero-order valence-corrected chi connectivity index (χ0v) is 9.01. The second kappa shape index (κ2) is 6.39. The fourth-order valence-corrected chi connectivity index (χ4v) is 1.54. The lowest BCUT2D eigenvalue weighted by molar-refractivity contribution is 0.185. The zero-order valence-electron chi connectivity index (χ0n) is 9.01. The fourth-order valence-electron chi connectivity index (χ4n) is 1.54. The summed E-state index contributed by atoms with van der Waals surface area (Å²) in [6, 6.07) is 0.610. The highest BCUT2D eigenvalue weighted by molar-refractivity contribution is 4.73. The average Bonchev–Trinajstić information content (AvgIpc) is 2.92. The number of nitrogens with one attached hydrogen (secondary N) is 1. The number of rotatable bonds is 8. The van der Waals surface area contributed by atoms with Crippen molar-refractivity contribution in [1.29, 1.82) is 0 Å². The first-order valence-corrected chi connectivity index (χ1v) is 5.55. The third-order valence-corrected chi connectivity index (χ3v) is 2.73. The second-order valence-corrected chi connectivity index (χ2v) is 4.22. The van der Waals surface area contributed by atoms with E-state index < -0.39 is 0 Å². The maximum absolute atomic E-state index is 5.03. The van der Waals surface area contributed by atoms with Gasteiger partial charge in [-0.3, -0.25) is 0 Å². The molecule has 0 aromatic carbocycles. The molecule has 0 saturated heterocycles. The molecule has 0 heterocycles. The molecule has 0 aromatic heterocycles. The summed E-state index contributed by atoms with van der Waals surface area (Å²) in [7, 11) is 1.76. The van der Waals surface area contributed by atoms with Crippen LogP contribution in [0.4, 0.5) is 0 Å². The van der Waals surface area contributed by atoms with Gasteiger partial charge in [0.15, 0.2) is 0 Å². The van der Waals surface area contributed by atoms with Crippen LogP contribution in [0.3, 0.4) is 0 Å². The third kappa shape index (κ3) is 6.05. The van der Waals surface area contributed by atoms with Crippen LogP contribution in [0.5, 0.6) is 0 Å². The summed E-state index contributed by atoms with van der Waals surface area (Å²) in [5.41, 5.74) is 0. The molecule has 1 atom stereocenters. The van der Waals surface area contributed by atoms with Crippen LogP contribution in [0.2, 0.25) is 0 Å². The van der Waals surface area contributed by atoms with Gasteiger partial charge in [-0.2, -0.15) is 0 Å². The van der Waals surface area contributed by atoms with E-state index in [1.54, 1.807) is 7.11 Å². The topological polar surface area (TPSA) is 21.3 Å². The van der Waals surface area contributed by atoms with Gasteiger partial charge >= 0.3 is 0 Å². The van der Waals surface area contributed by atoms with Crippen molar-refractivity contribution in [2.75, 3.05) is 20.3 Å². The van der Waals surface area contributed by atoms with Crippen LogP contribution >= 0.6 is 0 Å². The smallest absolute Gasteiger partial charge is 0.0476 e. The monoisotopic (exact) mass is 185 g/mol. The molecule has 1 fully saturated rings. The quantitative estimate of drug-likeness (QED) is 0.585. The summed E-state index contributed by atoms with van der Waals surface area (Å²) in [6.07, 6.45) is 6.88. The summed E-state index contributed by atoms with van der Waals surface area (Å²) in [5, 5.41) is 3.52. The highest BCUT2D eigenvalue weighted by atomic mass is 16.5. The van der Waals surface area contributed by atoms with E-state index in [-0.39, 0.29) is 0 Å². The van der Waals surface area contributed by atoms with E-state index in [1.807, 2.05) is 0 Å². The Labute approximate surface area is 82.0 Å². The summed E-state index contributed by atoms with van der Waals surface area (Å²) in [5.74, 6) is 1.08. The SMILES string of the molecule is COCCC(C)NCCCC1CC1. The first kappa shape index (κ1) is 11.0. The van der Waals surface area contributed by atoms with Crippen LogP contribution < -0.4 is 5.32 Å². The molecule has 0 aromatic rings. The van der Waals surface area contributed by atoms with Gasteiger partial charge in [-0.25, -0.2) is 0 Å². The number of ether oxygens (including phenoxy) is 1. The van der Waals surface area contributed by atoms with Gasteiger partial charge in [-0.15, -0.1) is 0 Å². The van der Waals surface area contributed by atoms with E-state index in [2.05, 4.69) is 12.2 Å². The lowest BCUT2D eigenvalue weighted by Crippen LogP contribution is -2.28. The maximum atomic E-state index is 5.03. The predicted molar refractivity (Wildman–Crippen MR) is 55.9 cm³/mol. The molecule has 0 bridgehead atoms. The third-order valence-electron chi connectivity index (χ3n) is 2.73. The van der Waals surface area contributed by atoms with E-state index in [4.69, 9.17) is 4.74 Å². The van der Waals surface area contributed by atoms with Crippen LogP contribution in [-0.4, -0.2) is 26.3 Å². The molecule has 0 radical (unpaired) electrons. The Bertz CT molecular complexity index is 123. The average molecular weight is 185 g/mol. The van der Waals surface area contributed by atoms with Crippen LogP contribution in [0.25, 0.3) is 0 Å². The van der Waals surface area contributed by atoms with Crippen molar-refractivity contribution in [2.45, 2.75) is 45.1 Å². The van der Waals surface area contributed by atoms with Crippen molar-refractivity contribution in [3.8, 4) is 0 Å². The first-order chi connectivity index (χ1) is 6.33. The van der Waals surface area contributed by atoms with Crippen LogP contribution in [0.15, 0.2) is 0 Å². The van der Waals surface area contributed by atoms with Gasteiger partial charge in [0.2, 0.25) is 0 Å². The van der Waals surface area contributed by atoms with E-state index in [9.17, 15) is 0 Å². The largest absolute Gasteiger partial charge is 0.385 e. The highest BCUT2D eigenvalue weighted by Gasteiger charge is 2.19. The minimum Gasteiger partial charge on any atom is -0.385 e. The molecule has 2 heteroatoms. The van der Waals surface area contributed by atoms with Gasteiger partial charge in [-0.05, 0) is 38.6 Å². The number of methoxy groups -OCH3 is 1. The van der Waals surface area contributed by atoms with Gasteiger partial charge in [0.05, 0.1) is 0 Å². The molecule has 1 rings (SSSR count). The molecule has 0 spiro atoms. The van der Waals surface area contributed by atoms with Crippen molar-refractivity contribution in [3.63, 3.8) is 0 Å². The Hall–Kier alpha value is -0.0800. The van der Waals surface area contributed by atoms with Crippen LogP contribution in [-0.2, 0) is 4.74 Å². The molecule has 78 valence electrons. The predicted octanol–water partition coefficient (Wildman–Crippen LogP) is 2.19. The molecule has 13 heavy (non-hydrogen) atoms. The van der Waals surface area contributed by atoms with Crippen LogP contribution in [0.1, 0.15) is 39.0 Å². The molecule has 1 unspecified atom stereocenters. The lowest BCUT2D eigenvalue weighted by Gasteiger charge is -2.12. The molecule has 0 aliphatic heterocycles. The Balaban J connectivity index is 1.79. The van der Waals surface area contributed by atoms with Gasteiger partial charge < -0.3 is 10.1 Å². The zero-order chi connectivity index (χ0) is 9.52. The lowest BCUT2D eigenvalue weighted by atomic mass is 10.2. The van der Waals surface area contributed by atoms with E-state index in [1.165, 1.54) is 32.2 Å². The normalized spacial score (nSPS) is 18.9. The van der Waals surface area contributed by atoms with E-state index in [0.29, 0.717) is 6.04 Å². The minimum atomic E-state index is 0.610. The summed E-state index contributed by atoms with van der Waals surface area (Å²) in [6.45, 7) is 4.29. The Morgan fingerprint density at radius 2 is 2.23 bits per heavy atom. The summed E-state index contributed by atoms with van der Waals surface area (Å²) >= 11 is 0. The van der Waals surface area contributed by atoms with Gasteiger partial charge in [0.25, 0.3) is 0 Å². The number of hydrogen-bond acceptors (Lipinski definition) is 2. The highest BCUT2D eigenvalue weighted by Crippen LogP contribution is 2.33. The van der Waals surface area contributed by atoms with Crippen molar-refractivity contribution >= 4 is 0 Å². The molecule has 2 nitrogen and oxygen atoms in total. The van der Waals surface area contributed by atoms with Crippen molar-refractivity contribution in [1.82, 2.24) is 5.32 Å². The van der Waals surface area contributed by atoms with Gasteiger partial charge in [0, 0.05) is 19.8 Å². The fraction of sp³-hybridized carbons (Fsp3) is 1.00. The van der Waals surface area contributed by atoms with Crippen molar-refractivity contribution in [3.05, 3.63) is 0 Å². The molecule has 1 saturated carbocycles. The summed E-state index contributed by atoms with van der Waals surface area (Å²) in [4.78, 5) is 0. The van der Waals surface area contributed by atoms with Crippen LogP contribution in [0, 0.1) is 5.92 Å².